The first-order valence-electron chi connectivity index (χ1n) is 11.2. The van der Waals surface area contributed by atoms with Crippen LogP contribution in [0, 0.1) is 6.92 Å². The van der Waals surface area contributed by atoms with Gasteiger partial charge in [-0.15, -0.1) is 4.40 Å². The van der Waals surface area contributed by atoms with Gasteiger partial charge in [0, 0.05) is 25.2 Å². The summed E-state index contributed by atoms with van der Waals surface area (Å²) in [5.74, 6) is 0.0857. The van der Waals surface area contributed by atoms with E-state index in [-0.39, 0.29) is 46.9 Å². The lowest BCUT2D eigenvalue weighted by Crippen LogP contribution is -2.60. The molecule has 1 saturated heterocycles. The molecule has 0 saturated carbocycles. The summed E-state index contributed by atoms with van der Waals surface area (Å²) in [6.07, 6.45) is -1.03. The van der Waals surface area contributed by atoms with Crippen molar-refractivity contribution >= 4 is 72.8 Å². The predicted molar refractivity (Wildman–Crippen MR) is 143 cm³/mol. The van der Waals surface area contributed by atoms with Gasteiger partial charge in [-0.05, 0) is 60.3 Å². The highest BCUT2D eigenvalue weighted by atomic mass is 79.9. The molecule has 0 spiro atoms. The number of halogens is 3. The van der Waals surface area contributed by atoms with Crippen LogP contribution in [0.1, 0.15) is 50.4 Å². The van der Waals surface area contributed by atoms with E-state index in [0.29, 0.717) is 27.1 Å². The van der Waals surface area contributed by atoms with Crippen LogP contribution in [0.25, 0.3) is 0 Å². The Kier molecular flexibility index (Phi) is 7.19. The maximum absolute atomic E-state index is 13.8. The van der Waals surface area contributed by atoms with Crippen molar-refractivity contribution in [3.63, 3.8) is 0 Å². The molecule has 2 aliphatic heterocycles. The largest absolute Gasteiger partial charge is 0.465 e. The third-order valence-electron chi connectivity index (χ3n) is 6.21. The molecule has 36 heavy (non-hydrogen) atoms. The van der Waals surface area contributed by atoms with E-state index in [4.69, 9.17) is 23.2 Å². The standard InChI is InChI=1S/C22H25BrCl2N6O4S/c1-10(2)17-18(11(3)6-16(23)26-17)31-20-14(7-15(24)19(25)27-20)21(28-36(31,34)35)29-8-13(5)30(22(32)33)9-12(29)4/h6-7,10,12-13H,8-9H2,1-5H3,(H,32,33)/t12-,13+/m0/s1. The number of carboxylic acid groups (broad SMARTS) is 1. The van der Waals surface area contributed by atoms with Crippen LogP contribution < -0.4 is 4.31 Å². The molecule has 0 unspecified atom stereocenters. The van der Waals surface area contributed by atoms with Gasteiger partial charge in [0.1, 0.15) is 9.76 Å². The molecule has 14 heteroatoms. The molecule has 4 rings (SSSR count). The van der Waals surface area contributed by atoms with Crippen molar-refractivity contribution in [2.75, 3.05) is 17.4 Å². The molecule has 2 aromatic rings. The van der Waals surface area contributed by atoms with Crippen molar-refractivity contribution in [2.45, 2.75) is 52.6 Å². The molecule has 194 valence electrons. The average Bonchev–Trinajstić information content (AvgIpc) is 2.76. The quantitative estimate of drug-likeness (QED) is 0.459. The van der Waals surface area contributed by atoms with Gasteiger partial charge in [-0.1, -0.05) is 37.0 Å². The molecule has 10 nitrogen and oxygen atoms in total. The highest BCUT2D eigenvalue weighted by molar-refractivity contribution is 9.10. The van der Waals surface area contributed by atoms with Gasteiger partial charge >= 0.3 is 16.3 Å². The minimum atomic E-state index is -4.35. The maximum atomic E-state index is 13.8. The van der Waals surface area contributed by atoms with Crippen LogP contribution in [0.15, 0.2) is 21.1 Å². The van der Waals surface area contributed by atoms with Crippen molar-refractivity contribution < 1.29 is 18.3 Å². The minimum Gasteiger partial charge on any atom is -0.465 e. The number of fused-ring (bicyclic) bond motifs is 1. The van der Waals surface area contributed by atoms with E-state index in [9.17, 15) is 18.3 Å². The summed E-state index contributed by atoms with van der Waals surface area (Å²) in [5.41, 5.74) is 1.91. The molecular formula is C22H25BrCl2N6O4S. The van der Waals surface area contributed by atoms with Crippen LogP contribution in [0.4, 0.5) is 16.3 Å². The Morgan fingerprint density at radius 2 is 1.83 bits per heavy atom. The summed E-state index contributed by atoms with van der Waals surface area (Å²) in [4.78, 5) is 23.7. The lowest BCUT2D eigenvalue weighted by molar-refractivity contribution is 0.0751. The molecule has 1 fully saturated rings. The van der Waals surface area contributed by atoms with E-state index in [1.165, 1.54) is 4.90 Å². The smallest absolute Gasteiger partial charge is 0.407 e. The first-order valence-corrected chi connectivity index (χ1v) is 14.1. The molecule has 0 aliphatic carbocycles. The normalized spacial score (nSPS) is 21.5. The van der Waals surface area contributed by atoms with E-state index < -0.39 is 22.3 Å². The third kappa shape index (κ3) is 4.64. The van der Waals surface area contributed by atoms with Crippen molar-refractivity contribution in [3.05, 3.63) is 43.7 Å². The van der Waals surface area contributed by atoms with Crippen molar-refractivity contribution in [3.8, 4) is 0 Å². The van der Waals surface area contributed by atoms with E-state index in [2.05, 4.69) is 30.3 Å². The topological polar surface area (TPSA) is 119 Å². The van der Waals surface area contributed by atoms with Gasteiger partial charge in [0.2, 0.25) is 0 Å². The van der Waals surface area contributed by atoms with E-state index in [1.54, 1.807) is 30.9 Å². The zero-order valence-electron chi connectivity index (χ0n) is 20.2. The molecule has 2 atom stereocenters. The van der Waals surface area contributed by atoms with Crippen molar-refractivity contribution in [2.24, 2.45) is 4.40 Å². The van der Waals surface area contributed by atoms with Crippen LogP contribution in [0.5, 0.6) is 0 Å². The fraction of sp³-hybridized carbons (Fsp3) is 0.455. The number of carbonyl (C=O) groups is 1. The highest BCUT2D eigenvalue weighted by Gasteiger charge is 2.42. The van der Waals surface area contributed by atoms with Gasteiger partial charge < -0.3 is 14.9 Å². The van der Waals surface area contributed by atoms with Crippen LogP contribution in [-0.2, 0) is 10.2 Å². The molecular weight excluding hydrogens is 595 g/mol. The number of nitrogens with zero attached hydrogens (tertiary/aromatic N) is 6. The first-order chi connectivity index (χ1) is 16.7. The fourth-order valence-electron chi connectivity index (χ4n) is 4.52. The fourth-order valence-corrected chi connectivity index (χ4v) is 6.67. The number of aryl methyl sites for hydroxylation is 1. The number of aromatic nitrogens is 2. The van der Waals surface area contributed by atoms with Crippen molar-refractivity contribution in [1.82, 2.24) is 19.8 Å². The van der Waals surface area contributed by atoms with Crippen LogP contribution in [-0.4, -0.2) is 70.4 Å². The summed E-state index contributed by atoms with van der Waals surface area (Å²) in [7, 11) is -4.35. The Morgan fingerprint density at radius 3 is 2.44 bits per heavy atom. The average molecular weight is 620 g/mol. The number of hydrogen-bond acceptors (Lipinski definition) is 6. The van der Waals surface area contributed by atoms with Crippen molar-refractivity contribution in [1.29, 1.82) is 0 Å². The Bertz CT molecular complexity index is 1390. The second-order valence-electron chi connectivity index (χ2n) is 9.23. The monoisotopic (exact) mass is 618 g/mol. The summed E-state index contributed by atoms with van der Waals surface area (Å²) in [6, 6.07) is 2.51. The molecule has 1 N–H and O–H groups in total. The van der Waals surface area contributed by atoms with E-state index in [0.717, 1.165) is 4.31 Å². The Morgan fingerprint density at radius 1 is 1.17 bits per heavy atom. The van der Waals surface area contributed by atoms with Gasteiger partial charge in [-0.3, -0.25) is 0 Å². The second kappa shape index (κ2) is 9.62. The number of anilines is 2. The number of amidine groups is 1. The highest BCUT2D eigenvalue weighted by Crippen LogP contribution is 2.43. The SMILES string of the molecule is Cc1cc(Br)nc(C(C)C)c1N1c2nc(Cl)c(Cl)cc2C(N2C[C@@H](C)N(C(=O)O)C[C@@H]2C)=NS1(=O)=O. The van der Waals surface area contributed by atoms with Gasteiger partial charge in [0.05, 0.1) is 22.0 Å². The zero-order chi connectivity index (χ0) is 26.7. The van der Waals surface area contributed by atoms with Crippen LogP contribution in [0.3, 0.4) is 0 Å². The first kappa shape index (κ1) is 26.9. The lowest BCUT2D eigenvalue weighted by Gasteiger charge is -2.45. The molecule has 2 aliphatic rings. The van der Waals surface area contributed by atoms with Gasteiger partial charge in [-0.25, -0.2) is 14.8 Å². The number of hydrogen-bond donors (Lipinski definition) is 1. The second-order valence-corrected chi connectivity index (χ2v) is 12.2. The van der Waals surface area contributed by atoms with Gasteiger partial charge in [0.25, 0.3) is 0 Å². The summed E-state index contributed by atoms with van der Waals surface area (Å²) in [5, 5.41) is 9.62. The summed E-state index contributed by atoms with van der Waals surface area (Å²) >= 11 is 16.0. The van der Waals surface area contributed by atoms with E-state index >= 15 is 0 Å². The van der Waals surface area contributed by atoms with Gasteiger partial charge in [0.15, 0.2) is 11.7 Å². The molecule has 2 aromatic heterocycles. The number of rotatable bonds is 2. The summed E-state index contributed by atoms with van der Waals surface area (Å²) < 4.78 is 33.5. The zero-order valence-corrected chi connectivity index (χ0v) is 24.1. The Balaban J connectivity index is 1.96. The number of amides is 1. The maximum Gasteiger partial charge on any atom is 0.407 e. The minimum absolute atomic E-state index is 0.0530. The lowest BCUT2D eigenvalue weighted by atomic mass is 10.0. The molecule has 0 radical (unpaired) electrons. The Labute approximate surface area is 228 Å². The third-order valence-corrected chi connectivity index (χ3v) is 8.51. The van der Waals surface area contributed by atoms with Gasteiger partial charge in [-0.2, -0.15) is 12.7 Å². The van der Waals surface area contributed by atoms with E-state index in [1.807, 2.05) is 20.8 Å². The van der Waals surface area contributed by atoms with Crippen LogP contribution in [0.2, 0.25) is 10.2 Å². The summed E-state index contributed by atoms with van der Waals surface area (Å²) in [6.45, 7) is 9.60. The predicted octanol–water partition coefficient (Wildman–Crippen LogP) is 5.19. The molecule has 1 amide bonds. The molecule has 4 heterocycles. The molecule has 0 bridgehead atoms. The Hall–Kier alpha value is -2.15. The van der Waals surface area contributed by atoms with Crippen LogP contribution >= 0.6 is 39.1 Å². The molecule has 0 aromatic carbocycles. The number of piperazine rings is 1. The number of pyridine rings is 2.